The lowest BCUT2D eigenvalue weighted by atomic mass is 10.2. The molecule has 0 saturated heterocycles. The van der Waals surface area contributed by atoms with Crippen molar-refractivity contribution in [2.24, 2.45) is 0 Å². The van der Waals surface area contributed by atoms with E-state index in [0.29, 0.717) is 0 Å². The molecule has 0 aliphatic carbocycles. The Morgan fingerprint density at radius 3 is 1.86 bits per heavy atom. The van der Waals surface area contributed by atoms with Gasteiger partial charge in [0.2, 0.25) is 0 Å². The maximum absolute atomic E-state index is 11.6. The molecule has 0 aliphatic heterocycles. The zero-order valence-corrected chi connectivity index (χ0v) is 11.0. The molecule has 4 heteroatoms. The summed E-state index contributed by atoms with van der Waals surface area (Å²) in [6.07, 6.45) is 0. The Kier molecular flexibility index (Phi) is 4.51. The highest BCUT2D eigenvalue weighted by Crippen LogP contribution is 2.18. The summed E-state index contributed by atoms with van der Waals surface area (Å²) in [5.41, 5.74) is -0.997. The number of ketones is 1. The van der Waals surface area contributed by atoms with Crippen LogP contribution in [0.3, 0.4) is 0 Å². The molecule has 0 bridgehead atoms. The van der Waals surface area contributed by atoms with Crippen LogP contribution < -0.4 is 0 Å². The first-order valence-corrected chi connectivity index (χ1v) is 7.86. The summed E-state index contributed by atoms with van der Waals surface area (Å²) >= 11 is 0. The van der Waals surface area contributed by atoms with Gasteiger partial charge in [0.05, 0.1) is 8.80 Å². The van der Waals surface area contributed by atoms with Crippen LogP contribution in [0.25, 0.3) is 0 Å². The van der Waals surface area contributed by atoms with Crippen molar-refractivity contribution in [2.75, 3.05) is 0 Å². The van der Waals surface area contributed by atoms with Crippen molar-refractivity contribution in [3.05, 3.63) is 0 Å². The van der Waals surface area contributed by atoms with Crippen LogP contribution in [0.5, 0.6) is 0 Å². The van der Waals surface area contributed by atoms with Crippen molar-refractivity contribution in [1.82, 2.24) is 0 Å². The number of ether oxygens (including phenoxy) is 1. The van der Waals surface area contributed by atoms with E-state index in [-0.39, 0.29) is 11.8 Å². The van der Waals surface area contributed by atoms with Crippen LogP contribution in [-0.2, 0) is 14.3 Å². The van der Waals surface area contributed by atoms with Gasteiger partial charge in [-0.2, -0.15) is 0 Å². The van der Waals surface area contributed by atoms with Crippen molar-refractivity contribution >= 4 is 20.5 Å². The number of carbonyl (C=O) groups is 2. The Balaban J connectivity index is 4.55. The van der Waals surface area contributed by atoms with Crippen molar-refractivity contribution in [2.45, 2.75) is 51.9 Å². The van der Waals surface area contributed by atoms with Gasteiger partial charge in [0.15, 0.2) is 0 Å². The minimum absolute atomic E-state index is 0.0686. The molecule has 0 saturated carbocycles. The van der Waals surface area contributed by atoms with Crippen LogP contribution in [0.4, 0.5) is 0 Å². The molecule has 0 aromatic heterocycles. The lowest BCUT2D eigenvalue weighted by molar-refractivity contribution is -0.155. The van der Waals surface area contributed by atoms with Crippen LogP contribution in [0.2, 0.25) is 18.6 Å². The van der Waals surface area contributed by atoms with E-state index in [1.54, 1.807) is 0 Å². The zero-order valence-electron chi connectivity index (χ0n) is 9.88. The first-order chi connectivity index (χ1) is 6.15. The zero-order chi connectivity index (χ0) is 11.5. The lowest BCUT2D eigenvalue weighted by Crippen LogP contribution is -2.34. The van der Waals surface area contributed by atoms with Gasteiger partial charge < -0.3 is 4.74 Å². The molecule has 3 nitrogen and oxygen atoms in total. The van der Waals surface area contributed by atoms with Crippen LogP contribution in [0.1, 0.15) is 27.7 Å². The molecule has 1 atom stereocenters. The van der Waals surface area contributed by atoms with Gasteiger partial charge in [0.1, 0.15) is 16.9 Å². The Hall–Kier alpha value is -0.643. The monoisotopic (exact) mass is 216 g/mol. The molecule has 0 aromatic carbocycles. The Labute approximate surface area is 87.4 Å². The summed E-state index contributed by atoms with van der Waals surface area (Å²) in [6, 6.07) is 0. The molecular weight excluding hydrogens is 196 g/mol. The van der Waals surface area contributed by atoms with Crippen LogP contribution in [0, 0.1) is 0 Å². The third-order valence-electron chi connectivity index (χ3n) is 1.77. The van der Waals surface area contributed by atoms with E-state index < -0.39 is 19.9 Å². The summed E-state index contributed by atoms with van der Waals surface area (Å²) < 4.78 is 5.20. The van der Waals surface area contributed by atoms with Gasteiger partial charge in [-0.15, -0.1) is 0 Å². The highest BCUT2D eigenvalue weighted by molar-refractivity contribution is 6.66. The summed E-state index contributed by atoms with van der Waals surface area (Å²) in [6.45, 7) is 10.9. The van der Waals surface area contributed by atoms with Crippen molar-refractivity contribution < 1.29 is 14.3 Å². The maximum Gasteiger partial charge on any atom is 0.313 e. The fourth-order valence-corrected chi connectivity index (χ4v) is 2.82. The number of Topliss-reactive ketones (excluding diaryl/α,β-unsaturated/α-hetero) is 1. The molecule has 0 aliphatic rings. The number of hydrogen-bond acceptors (Lipinski definition) is 3. The van der Waals surface area contributed by atoms with Gasteiger partial charge >= 0.3 is 5.97 Å². The third-order valence-corrected chi connectivity index (χ3v) is 3.84. The van der Waals surface area contributed by atoms with Gasteiger partial charge in [-0.05, 0) is 27.7 Å². The molecule has 0 spiro atoms. The SMILES string of the molecule is CC(=O)C(C(=O)OC(C)(C)C)[SiH](C)C. The summed E-state index contributed by atoms with van der Waals surface area (Å²) in [7, 11) is -1.31. The molecule has 0 amide bonds. The van der Waals surface area contributed by atoms with Crippen molar-refractivity contribution in [3.63, 3.8) is 0 Å². The molecular formula is C10H20O3Si. The second kappa shape index (κ2) is 4.73. The van der Waals surface area contributed by atoms with E-state index in [4.69, 9.17) is 4.74 Å². The molecule has 0 rings (SSSR count). The number of rotatable bonds is 3. The van der Waals surface area contributed by atoms with Gasteiger partial charge in [-0.3, -0.25) is 9.59 Å². The first kappa shape index (κ1) is 13.4. The lowest BCUT2D eigenvalue weighted by Gasteiger charge is -2.24. The van der Waals surface area contributed by atoms with Crippen LogP contribution in [0.15, 0.2) is 0 Å². The summed E-state index contributed by atoms with van der Waals surface area (Å²) in [5, 5.41) is 0. The molecule has 0 aromatic rings. The second-order valence-electron chi connectivity index (χ2n) is 4.87. The number of hydrogen-bond donors (Lipinski definition) is 0. The van der Waals surface area contributed by atoms with Crippen LogP contribution in [-0.4, -0.2) is 26.2 Å². The van der Waals surface area contributed by atoms with E-state index in [9.17, 15) is 9.59 Å². The Morgan fingerprint density at radius 1 is 1.21 bits per heavy atom. The predicted octanol–water partition coefficient (Wildman–Crippen LogP) is 1.77. The van der Waals surface area contributed by atoms with E-state index >= 15 is 0 Å². The second-order valence-corrected chi connectivity index (χ2v) is 8.02. The summed E-state index contributed by atoms with van der Waals surface area (Å²) in [4.78, 5) is 22.9. The first-order valence-electron chi connectivity index (χ1n) is 4.88. The Bertz CT molecular complexity index is 228. The average molecular weight is 216 g/mol. The molecule has 0 fully saturated rings. The van der Waals surface area contributed by atoms with Crippen molar-refractivity contribution in [1.29, 1.82) is 0 Å². The quantitative estimate of drug-likeness (QED) is 0.410. The predicted molar refractivity (Wildman–Crippen MR) is 59.2 cm³/mol. The molecule has 0 N–H and O–H groups in total. The van der Waals surface area contributed by atoms with Gasteiger partial charge in [-0.25, -0.2) is 0 Å². The highest BCUT2D eigenvalue weighted by Gasteiger charge is 2.31. The molecule has 0 radical (unpaired) electrons. The minimum atomic E-state index is -1.31. The van der Waals surface area contributed by atoms with E-state index in [0.717, 1.165) is 0 Å². The van der Waals surface area contributed by atoms with Gasteiger partial charge in [-0.1, -0.05) is 13.1 Å². The number of esters is 1. The third kappa shape index (κ3) is 4.55. The van der Waals surface area contributed by atoms with E-state index in [1.807, 2.05) is 33.9 Å². The fourth-order valence-electron chi connectivity index (χ4n) is 1.27. The van der Waals surface area contributed by atoms with Gasteiger partial charge in [0, 0.05) is 0 Å². The smallest absolute Gasteiger partial charge is 0.313 e. The summed E-state index contributed by atoms with van der Waals surface area (Å²) in [5.74, 6) is -0.424. The van der Waals surface area contributed by atoms with E-state index in [2.05, 4.69) is 0 Å². The van der Waals surface area contributed by atoms with Crippen molar-refractivity contribution in [3.8, 4) is 0 Å². The number of carbonyl (C=O) groups excluding carboxylic acids is 2. The minimum Gasteiger partial charge on any atom is -0.460 e. The Morgan fingerprint density at radius 2 is 1.64 bits per heavy atom. The molecule has 82 valence electrons. The molecule has 1 unspecified atom stereocenters. The maximum atomic E-state index is 11.6. The normalized spacial score (nSPS) is 13.9. The largest absolute Gasteiger partial charge is 0.460 e. The fraction of sp³-hybridized carbons (Fsp3) is 0.800. The standard InChI is InChI=1S/C10H20O3Si/c1-7(11)8(14(5)6)9(12)13-10(2,3)4/h8,14H,1-6H3. The van der Waals surface area contributed by atoms with Crippen LogP contribution >= 0.6 is 0 Å². The molecule has 14 heavy (non-hydrogen) atoms. The highest BCUT2D eigenvalue weighted by atomic mass is 28.3. The topological polar surface area (TPSA) is 43.4 Å². The van der Waals surface area contributed by atoms with E-state index in [1.165, 1.54) is 6.92 Å². The molecule has 0 heterocycles. The average Bonchev–Trinajstić information content (AvgIpc) is 1.78. The van der Waals surface area contributed by atoms with Gasteiger partial charge in [0.25, 0.3) is 0 Å².